The first-order valence-electron chi connectivity index (χ1n) is 2.56. The fraction of sp³-hybridized carbons (Fsp3) is 0. The lowest BCUT2D eigenvalue weighted by Gasteiger charge is -1.74. The van der Waals surface area contributed by atoms with E-state index in [1.54, 1.807) is 18.2 Å². The third-order valence-corrected chi connectivity index (χ3v) is 1.23. The quantitative estimate of drug-likeness (QED) is 0.428. The Morgan fingerprint density at radius 3 is 3.00 bits per heavy atom. The summed E-state index contributed by atoms with van der Waals surface area (Å²) >= 11 is 0. The summed E-state index contributed by atoms with van der Waals surface area (Å²) < 4.78 is 4.87. The molecule has 0 saturated heterocycles. The molecular formula is C6H3NO2. The summed E-state index contributed by atoms with van der Waals surface area (Å²) in [5.41, 5.74) is 0.396. The Kier molecular flexibility index (Phi) is 0.656. The summed E-state index contributed by atoms with van der Waals surface area (Å²) in [5.74, 6) is 1.40. The molecule has 0 atom stereocenters. The number of hydrogen-bond acceptors (Lipinski definition) is 3. The second-order valence-electron chi connectivity index (χ2n) is 1.80. The van der Waals surface area contributed by atoms with Crippen LogP contribution < -0.4 is 4.74 Å². The van der Waals surface area contributed by atoms with Crippen molar-refractivity contribution in [2.75, 3.05) is 0 Å². The van der Waals surface area contributed by atoms with E-state index in [-0.39, 0.29) is 0 Å². The van der Waals surface area contributed by atoms with Gasteiger partial charge in [0.1, 0.15) is 0 Å². The van der Waals surface area contributed by atoms with Gasteiger partial charge < -0.3 is 4.74 Å². The molecule has 0 amide bonds. The molecule has 1 aromatic carbocycles. The fourth-order valence-corrected chi connectivity index (χ4v) is 0.747. The Morgan fingerprint density at radius 1 is 1.44 bits per heavy atom. The molecule has 0 saturated carbocycles. The third kappa shape index (κ3) is 0.512. The van der Waals surface area contributed by atoms with Gasteiger partial charge in [0.25, 0.3) is 0 Å². The minimum absolute atomic E-state index is 0.396. The Labute approximate surface area is 51.2 Å². The molecular weight excluding hydrogens is 118 g/mol. The molecule has 1 aromatic rings. The SMILES string of the molecule is O=Nc1cccc2c1O2. The van der Waals surface area contributed by atoms with Crippen LogP contribution in [0.1, 0.15) is 0 Å². The molecule has 0 unspecified atom stereocenters. The molecule has 2 rings (SSSR count). The van der Waals surface area contributed by atoms with Gasteiger partial charge in [0.15, 0.2) is 17.2 Å². The number of fused-ring (bicyclic) bond motifs is 1. The van der Waals surface area contributed by atoms with Crippen LogP contribution in [-0.4, -0.2) is 0 Å². The van der Waals surface area contributed by atoms with Crippen LogP contribution in [0.3, 0.4) is 0 Å². The molecule has 3 heteroatoms. The number of hydrogen-bond donors (Lipinski definition) is 0. The summed E-state index contributed by atoms with van der Waals surface area (Å²) in [6, 6.07) is 5.16. The van der Waals surface area contributed by atoms with Crippen LogP contribution in [0.4, 0.5) is 5.69 Å². The van der Waals surface area contributed by atoms with Crippen LogP contribution in [-0.2, 0) is 0 Å². The Morgan fingerprint density at radius 2 is 2.33 bits per heavy atom. The molecule has 9 heavy (non-hydrogen) atoms. The molecule has 3 nitrogen and oxygen atoms in total. The van der Waals surface area contributed by atoms with Crippen molar-refractivity contribution in [1.82, 2.24) is 0 Å². The van der Waals surface area contributed by atoms with Crippen LogP contribution in [0.15, 0.2) is 23.4 Å². The van der Waals surface area contributed by atoms with Crippen molar-refractivity contribution >= 4 is 5.69 Å². The highest BCUT2D eigenvalue weighted by atomic mass is 16.6. The number of benzene rings is 1. The highest BCUT2D eigenvalue weighted by molar-refractivity contribution is 5.69. The van der Waals surface area contributed by atoms with Gasteiger partial charge in [-0.25, -0.2) is 0 Å². The van der Waals surface area contributed by atoms with Crippen molar-refractivity contribution in [1.29, 1.82) is 0 Å². The lowest BCUT2D eigenvalue weighted by molar-refractivity contribution is 0.650. The van der Waals surface area contributed by atoms with Crippen molar-refractivity contribution in [3.8, 4) is 11.5 Å². The van der Waals surface area contributed by atoms with Gasteiger partial charge in [-0.3, -0.25) is 0 Å². The molecule has 0 fully saturated rings. The molecule has 0 spiro atoms. The number of ether oxygens (including phenoxy) is 1. The van der Waals surface area contributed by atoms with Crippen LogP contribution in [0.25, 0.3) is 0 Å². The smallest absolute Gasteiger partial charge is 0.199 e. The predicted octanol–water partition coefficient (Wildman–Crippen LogP) is 2.19. The van der Waals surface area contributed by atoms with E-state index in [9.17, 15) is 4.91 Å². The summed E-state index contributed by atoms with van der Waals surface area (Å²) in [5, 5.41) is 2.75. The maximum atomic E-state index is 9.93. The molecule has 0 aromatic heterocycles. The highest BCUT2D eigenvalue weighted by Crippen LogP contribution is 2.51. The first-order valence-corrected chi connectivity index (χ1v) is 2.56. The van der Waals surface area contributed by atoms with E-state index in [4.69, 9.17) is 4.74 Å². The van der Waals surface area contributed by atoms with Crippen LogP contribution in [0.2, 0.25) is 0 Å². The van der Waals surface area contributed by atoms with E-state index < -0.39 is 0 Å². The van der Waals surface area contributed by atoms with Gasteiger partial charge in [0.05, 0.1) is 0 Å². The first kappa shape index (κ1) is 4.49. The van der Waals surface area contributed by atoms with Gasteiger partial charge in [-0.2, -0.15) is 0 Å². The van der Waals surface area contributed by atoms with Gasteiger partial charge in [0.2, 0.25) is 0 Å². The van der Waals surface area contributed by atoms with Gasteiger partial charge >= 0.3 is 0 Å². The standard InChI is InChI=1S/C6H3NO2/c8-7-4-2-1-3-5-6(4)9-5/h1-3H. The summed E-state index contributed by atoms with van der Waals surface area (Å²) in [4.78, 5) is 9.93. The first-order chi connectivity index (χ1) is 4.42. The average Bonchev–Trinajstić information content (AvgIpc) is 2.64. The van der Waals surface area contributed by atoms with E-state index in [2.05, 4.69) is 5.18 Å². The molecule has 44 valence electrons. The van der Waals surface area contributed by atoms with Gasteiger partial charge in [-0.1, -0.05) is 6.07 Å². The maximum Gasteiger partial charge on any atom is 0.199 e. The molecule has 1 aliphatic heterocycles. The Bertz CT molecular complexity index is 270. The Hall–Kier alpha value is -1.38. The van der Waals surface area contributed by atoms with Crippen molar-refractivity contribution in [3.63, 3.8) is 0 Å². The fourth-order valence-electron chi connectivity index (χ4n) is 0.747. The molecule has 0 N–H and O–H groups in total. The Balaban J connectivity index is 2.62. The summed E-state index contributed by atoms with van der Waals surface area (Å²) in [7, 11) is 0. The van der Waals surface area contributed by atoms with Crippen LogP contribution in [0, 0.1) is 4.91 Å². The maximum absolute atomic E-state index is 9.93. The van der Waals surface area contributed by atoms with Gasteiger partial charge in [-0.05, 0) is 17.3 Å². The van der Waals surface area contributed by atoms with E-state index >= 15 is 0 Å². The topological polar surface area (TPSA) is 42.0 Å². The van der Waals surface area contributed by atoms with Gasteiger partial charge in [-0.15, -0.1) is 4.91 Å². The molecule has 1 aliphatic rings. The molecule has 0 radical (unpaired) electrons. The minimum atomic E-state index is 0.396. The zero-order chi connectivity index (χ0) is 6.27. The lowest BCUT2D eigenvalue weighted by atomic mass is 10.3. The average molecular weight is 121 g/mol. The number of nitrogens with zero attached hydrogens (tertiary/aromatic N) is 1. The van der Waals surface area contributed by atoms with E-state index in [0.29, 0.717) is 11.4 Å². The number of nitroso groups, excluding NO2 is 1. The van der Waals surface area contributed by atoms with Crippen LogP contribution >= 0.6 is 0 Å². The second-order valence-corrected chi connectivity index (χ2v) is 1.80. The number of para-hydroxylation sites is 1. The van der Waals surface area contributed by atoms with Crippen LogP contribution in [0.5, 0.6) is 11.5 Å². The van der Waals surface area contributed by atoms with E-state index in [0.717, 1.165) is 5.75 Å². The van der Waals surface area contributed by atoms with Crippen molar-refractivity contribution in [2.45, 2.75) is 0 Å². The molecule has 0 aliphatic carbocycles. The van der Waals surface area contributed by atoms with Crippen molar-refractivity contribution in [3.05, 3.63) is 23.1 Å². The lowest BCUT2D eigenvalue weighted by Crippen LogP contribution is -1.49. The van der Waals surface area contributed by atoms with Crippen molar-refractivity contribution in [2.24, 2.45) is 5.18 Å². The zero-order valence-electron chi connectivity index (χ0n) is 4.50. The van der Waals surface area contributed by atoms with Crippen molar-refractivity contribution < 1.29 is 4.74 Å². The molecule has 1 heterocycles. The van der Waals surface area contributed by atoms with E-state index in [1.165, 1.54) is 0 Å². The second kappa shape index (κ2) is 1.31. The normalized spacial score (nSPS) is 11.6. The third-order valence-electron chi connectivity index (χ3n) is 1.23. The number of rotatable bonds is 1. The summed E-state index contributed by atoms with van der Waals surface area (Å²) in [6.45, 7) is 0. The van der Waals surface area contributed by atoms with E-state index in [1.807, 2.05) is 0 Å². The zero-order valence-corrected chi connectivity index (χ0v) is 4.50. The van der Waals surface area contributed by atoms with Gasteiger partial charge in [0, 0.05) is 0 Å². The predicted molar refractivity (Wildman–Crippen MR) is 32.0 cm³/mol. The molecule has 0 bridgehead atoms. The highest BCUT2D eigenvalue weighted by Gasteiger charge is 2.23. The summed E-state index contributed by atoms with van der Waals surface area (Å²) in [6.07, 6.45) is 0. The minimum Gasteiger partial charge on any atom is -0.447 e. The largest absolute Gasteiger partial charge is 0.447 e. The monoisotopic (exact) mass is 121 g/mol.